The van der Waals surface area contributed by atoms with Gasteiger partial charge in [0.05, 0.1) is 29.3 Å². The van der Waals surface area contributed by atoms with Crippen molar-refractivity contribution < 1.29 is 36.7 Å². The Balaban J connectivity index is 1.41. The second-order valence-corrected chi connectivity index (χ2v) is 16.5. The predicted octanol–water partition coefficient (Wildman–Crippen LogP) is 4.20. The van der Waals surface area contributed by atoms with Crippen LogP contribution in [0.1, 0.15) is 78.6 Å². The van der Waals surface area contributed by atoms with Crippen LogP contribution in [0.5, 0.6) is 0 Å². The molecule has 1 saturated heterocycles. The van der Waals surface area contributed by atoms with Crippen LogP contribution in [0, 0.1) is 34.4 Å². The van der Waals surface area contributed by atoms with Gasteiger partial charge in [0.1, 0.15) is 18.0 Å². The first-order valence-corrected chi connectivity index (χ1v) is 17.8. The second-order valence-electron chi connectivity index (χ2n) is 14.6. The van der Waals surface area contributed by atoms with Crippen molar-refractivity contribution in [1.82, 2.24) is 14.5 Å². The Labute approximate surface area is 271 Å². The van der Waals surface area contributed by atoms with E-state index in [1.165, 1.54) is 4.90 Å². The zero-order valence-electron chi connectivity index (χ0n) is 27.0. The van der Waals surface area contributed by atoms with Crippen molar-refractivity contribution in [3.63, 3.8) is 0 Å². The van der Waals surface area contributed by atoms with Crippen LogP contribution in [0.3, 0.4) is 0 Å². The van der Waals surface area contributed by atoms with Crippen LogP contribution in [0.25, 0.3) is 0 Å². The number of halogens is 1. The molecule has 1 N–H and O–H groups in total. The maximum absolute atomic E-state index is 14.4. The molecule has 1 aromatic rings. The van der Waals surface area contributed by atoms with Gasteiger partial charge in [0, 0.05) is 19.5 Å². The molecule has 46 heavy (non-hydrogen) atoms. The zero-order chi connectivity index (χ0) is 33.4. The Morgan fingerprint density at radius 2 is 1.76 bits per heavy atom. The summed E-state index contributed by atoms with van der Waals surface area (Å²) in [5.41, 5.74) is -1.73. The van der Waals surface area contributed by atoms with Gasteiger partial charge in [-0.25, -0.2) is 12.8 Å². The molecular weight excluding hydrogens is 613 g/mol. The highest BCUT2D eigenvalue weighted by Gasteiger charge is 2.60. The van der Waals surface area contributed by atoms with E-state index in [-0.39, 0.29) is 42.2 Å². The highest BCUT2D eigenvalue weighted by atomic mass is 32.2. The number of amides is 2. The first-order chi connectivity index (χ1) is 21.7. The van der Waals surface area contributed by atoms with Crippen LogP contribution in [-0.2, 0) is 33.9 Å². The van der Waals surface area contributed by atoms with E-state index < -0.39 is 63.0 Å². The molecule has 0 radical (unpaired) electrons. The summed E-state index contributed by atoms with van der Waals surface area (Å²) in [6, 6.07) is 3.17. The number of hydrogen-bond donors (Lipinski definition) is 1. The molecular formula is C34H46FN3O7S. The van der Waals surface area contributed by atoms with Crippen LogP contribution in [0.2, 0.25) is 0 Å². The Morgan fingerprint density at radius 1 is 1.11 bits per heavy atom. The smallest absolute Gasteiger partial charge is 0.306 e. The molecule has 4 aliphatic rings. The average Bonchev–Trinajstić information content (AvgIpc) is 3.84. The number of allylic oxidation sites excluding steroid dienone is 1. The lowest BCUT2D eigenvalue weighted by atomic mass is 9.77. The number of nitrogens with one attached hydrogen (secondary N) is 1. The van der Waals surface area contributed by atoms with Crippen LogP contribution >= 0.6 is 0 Å². The third kappa shape index (κ3) is 7.38. The second kappa shape index (κ2) is 13.2. The number of ketones is 1. The van der Waals surface area contributed by atoms with Crippen LogP contribution < -0.4 is 5.32 Å². The van der Waals surface area contributed by atoms with Crippen molar-refractivity contribution in [2.75, 3.05) is 19.8 Å². The molecule has 0 aromatic heterocycles. The molecule has 2 amide bonds. The lowest BCUT2D eigenvalue weighted by Crippen LogP contribution is -2.49. The first kappa shape index (κ1) is 34.2. The molecule has 0 unspecified atom stereocenters. The van der Waals surface area contributed by atoms with E-state index in [0.29, 0.717) is 18.9 Å². The Hall–Kier alpha value is -3.12. The molecule has 0 bridgehead atoms. The van der Waals surface area contributed by atoms with Crippen LogP contribution in [0.15, 0.2) is 41.8 Å². The third-order valence-corrected chi connectivity index (χ3v) is 11.9. The summed E-state index contributed by atoms with van der Waals surface area (Å²) < 4.78 is 47.7. The molecule has 252 valence electrons. The van der Waals surface area contributed by atoms with Crippen molar-refractivity contribution in [2.24, 2.45) is 28.6 Å². The largest absolute Gasteiger partial charge is 0.462 e. The van der Waals surface area contributed by atoms with E-state index in [0.717, 1.165) is 67.1 Å². The SMILES string of the molecule is C=C[C@@H]1C[C@]1(CC(=O)[C@@H]1CN(S(=O)(=O)c2ccc(F)cc2)CN1C(=O)[C@@H](CC(=O)OC1CCCC1)C(C)(C)C)C(=O)NCC1CC1. The number of nitrogens with zero attached hydrogens (tertiary/aromatic N) is 2. The van der Waals surface area contributed by atoms with E-state index in [9.17, 15) is 32.0 Å². The van der Waals surface area contributed by atoms with E-state index in [1.807, 2.05) is 20.8 Å². The van der Waals surface area contributed by atoms with Gasteiger partial charge in [-0.2, -0.15) is 4.31 Å². The first-order valence-electron chi connectivity index (χ1n) is 16.3. The zero-order valence-corrected chi connectivity index (χ0v) is 27.8. The number of carbonyl (C=O) groups excluding carboxylic acids is 4. The molecule has 12 heteroatoms. The normalized spacial score (nSPS) is 26.0. The maximum atomic E-state index is 14.4. The van der Waals surface area contributed by atoms with Gasteiger partial charge < -0.3 is 15.0 Å². The summed E-state index contributed by atoms with van der Waals surface area (Å²) in [7, 11) is -4.23. The minimum Gasteiger partial charge on any atom is -0.462 e. The summed E-state index contributed by atoms with van der Waals surface area (Å²) in [4.78, 5) is 55.9. The predicted molar refractivity (Wildman–Crippen MR) is 168 cm³/mol. The monoisotopic (exact) mass is 659 g/mol. The fourth-order valence-corrected chi connectivity index (χ4v) is 8.16. The molecule has 3 aliphatic carbocycles. The number of carbonyl (C=O) groups is 4. The quantitative estimate of drug-likeness (QED) is 0.248. The molecule has 4 fully saturated rings. The van der Waals surface area contributed by atoms with Gasteiger partial charge in [0.15, 0.2) is 5.78 Å². The minimum absolute atomic E-state index is 0.174. The summed E-state index contributed by atoms with van der Waals surface area (Å²) in [6.07, 6.45) is 7.14. The fourth-order valence-electron chi connectivity index (χ4n) is 6.77. The van der Waals surface area contributed by atoms with Crippen LogP contribution in [-0.4, -0.2) is 73.1 Å². The van der Waals surface area contributed by atoms with Crippen molar-refractivity contribution in [3.8, 4) is 0 Å². The highest BCUT2D eigenvalue weighted by molar-refractivity contribution is 7.89. The van der Waals surface area contributed by atoms with E-state index >= 15 is 0 Å². The Bertz CT molecular complexity index is 1460. The van der Waals surface area contributed by atoms with Gasteiger partial charge in [0.2, 0.25) is 21.8 Å². The van der Waals surface area contributed by atoms with Gasteiger partial charge in [0.25, 0.3) is 0 Å². The van der Waals surface area contributed by atoms with Crippen molar-refractivity contribution in [1.29, 1.82) is 0 Å². The standard InChI is InChI=1S/C34H46FN3O7S/c1-5-23-17-34(23,32(42)36-19-22-10-11-22)18-29(39)28-20-37(46(43,44)26-14-12-24(35)13-15-26)21-38(28)31(41)27(33(2,3)4)16-30(40)45-25-8-6-7-9-25/h5,12-15,22-23,25,27-28H,1,6-11,16-21H2,2-4H3,(H,36,42)/t23-,27-,28+,34-/m1/s1. The highest BCUT2D eigenvalue weighted by Crippen LogP contribution is 2.56. The Kier molecular flexibility index (Phi) is 9.80. The molecule has 0 spiro atoms. The molecule has 5 rings (SSSR count). The molecule has 3 saturated carbocycles. The summed E-state index contributed by atoms with van der Waals surface area (Å²) in [6.45, 7) is 9.08. The number of hydrogen-bond acceptors (Lipinski definition) is 7. The number of ether oxygens (including phenoxy) is 1. The van der Waals surface area contributed by atoms with Crippen molar-refractivity contribution in [3.05, 3.63) is 42.7 Å². The van der Waals surface area contributed by atoms with Gasteiger partial charge in [-0.15, -0.1) is 6.58 Å². The average molecular weight is 660 g/mol. The summed E-state index contributed by atoms with van der Waals surface area (Å²) >= 11 is 0. The number of Topliss-reactive ketones (excluding diaryl/α,β-unsaturated/α-hetero) is 1. The van der Waals surface area contributed by atoms with Gasteiger partial charge in [-0.1, -0.05) is 26.8 Å². The van der Waals surface area contributed by atoms with E-state index in [1.54, 1.807) is 6.08 Å². The molecule has 1 aromatic carbocycles. The van der Waals surface area contributed by atoms with E-state index in [4.69, 9.17) is 4.74 Å². The molecule has 1 heterocycles. The van der Waals surface area contributed by atoms with Gasteiger partial charge in [-0.05, 0) is 86.5 Å². The number of sulfonamides is 1. The van der Waals surface area contributed by atoms with E-state index in [2.05, 4.69) is 11.9 Å². The number of benzene rings is 1. The van der Waals surface area contributed by atoms with Gasteiger partial charge in [-0.3, -0.25) is 19.2 Å². The minimum atomic E-state index is -4.23. The molecule has 10 nitrogen and oxygen atoms in total. The summed E-state index contributed by atoms with van der Waals surface area (Å²) in [5.74, 6) is -2.97. The molecule has 1 aliphatic heterocycles. The van der Waals surface area contributed by atoms with Crippen molar-refractivity contribution in [2.45, 2.75) is 95.6 Å². The van der Waals surface area contributed by atoms with Gasteiger partial charge >= 0.3 is 5.97 Å². The lowest BCUT2D eigenvalue weighted by molar-refractivity contribution is -0.156. The molecule has 4 atom stereocenters. The topological polar surface area (TPSA) is 130 Å². The Morgan fingerprint density at radius 3 is 2.33 bits per heavy atom. The van der Waals surface area contributed by atoms with Crippen molar-refractivity contribution >= 4 is 33.6 Å². The fraction of sp³-hybridized carbons (Fsp3) is 0.647. The number of esters is 1. The number of rotatable bonds is 13. The van der Waals surface area contributed by atoms with Crippen LogP contribution in [0.4, 0.5) is 4.39 Å². The maximum Gasteiger partial charge on any atom is 0.306 e. The lowest BCUT2D eigenvalue weighted by Gasteiger charge is -2.34. The summed E-state index contributed by atoms with van der Waals surface area (Å²) in [5, 5.41) is 2.98. The third-order valence-electron chi connectivity index (χ3n) is 10.1.